The predicted octanol–water partition coefficient (Wildman–Crippen LogP) is 2.67. The van der Waals surface area contributed by atoms with E-state index in [1.54, 1.807) is 36.7 Å². The minimum Gasteiger partial charge on any atom is -0.490 e. The molecule has 0 unspecified atom stereocenters. The number of amides is 1. The van der Waals surface area contributed by atoms with Crippen molar-refractivity contribution in [3.63, 3.8) is 0 Å². The van der Waals surface area contributed by atoms with Gasteiger partial charge in [-0.15, -0.1) is 0 Å². The molecule has 31 heavy (non-hydrogen) atoms. The maximum Gasteiger partial charge on any atom is 0.309 e. The van der Waals surface area contributed by atoms with Gasteiger partial charge in [0.05, 0.1) is 19.1 Å². The summed E-state index contributed by atoms with van der Waals surface area (Å²) < 4.78 is 16.3. The lowest BCUT2D eigenvalue weighted by Gasteiger charge is -2.30. The molecule has 0 radical (unpaired) electrons. The molecule has 1 saturated heterocycles. The quantitative estimate of drug-likeness (QED) is 0.608. The molecular formula is C22H28N4O5. The fourth-order valence-electron chi connectivity index (χ4n) is 3.35. The standard InChI is InChI=1S/C22H28N4O5/c1-3-29-18-7-6-17(14-19(18)30-4-2)25-20(27)15-31-21(28)16-8-12-26(13-9-16)22-23-10-5-11-24-22/h5-7,10-11,14,16H,3-4,8-9,12-13,15H2,1-2H3,(H,25,27). The lowest BCUT2D eigenvalue weighted by molar-refractivity contribution is -0.152. The summed E-state index contributed by atoms with van der Waals surface area (Å²) in [4.78, 5) is 35.1. The average molecular weight is 428 g/mol. The number of piperidine rings is 1. The van der Waals surface area contributed by atoms with Crippen LogP contribution in [-0.4, -0.2) is 54.8 Å². The third kappa shape index (κ3) is 6.31. The Labute approximate surface area is 181 Å². The number of hydrogen-bond donors (Lipinski definition) is 1. The molecule has 1 aromatic heterocycles. The normalized spacial score (nSPS) is 14.1. The number of benzene rings is 1. The average Bonchev–Trinajstić information content (AvgIpc) is 2.80. The highest BCUT2D eigenvalue weighted by molar-refractivity contribution is 5.93. The first-order valence-electron chi connectivity index (χ1n) is 10.5. The molecule has 2 heterocycles. The van der Waals surface area contributed by atoms with Gasteiger partial charge in [0.15, 0.2) is 18.1 Å². The van der Waals surface area contributed by atoms with Crippen molar-refractivity contribution in [1.82, 2.24) is 9.97 Å². The van der Waals surface area contributed by atoms with Crippen molar-refractivity contribution in [1.29, 1.82) is 0 Å². The van der Waals surface area contributed by atoms with Gasteiger partial charge in [0, 0.05) is 37.2 Å². The van der Waals surface area contributed by atoms with Crippen molar-refractivity contribution in [2.24, 2.45) is 5.92 Å². The van der Waals surface area contributed by atoms with Crippen molar-refractivity contribution in [3.05, 3.63) is 36.7 Å². The van der Waals surface area contributed by atoms with Crippen LogP contribution in [0.4, 0.5) is 11.6 Å². The first-order valence-corrected chi connectivity index (χ1v) is 10.5. The summed E-state index contributed by atoms with van der Waals surface area (Å²) in [5, 5.41) is 2.72. The summed E-state index contributed by atoms with van der Waals surface area (Å²) in [6.45, 7) is 5.75. The second-order valence-electron chi connectivity index (χ2n) is 6.99. The van der Waals surface area contributed by atoms with E-state index in [0.29, 0.717) is 62.3 Å². The van der Waals surface area contributed by atoms with Crippen LogP contribution >= 0.6 is 0 Å². The van der Waals surface area contributed by atoms with Gasteiger partial charge in [-0.3, -0.25) is 9.59 Å². The van der Waals surface area contributed by atoms with Gasteiger partial charge in [-0.05, 0) is 44.9 Å². The Morgan fingerprint density at radius 3 is 2.42 bits per heavy atom. The molecule has 1 fully saturated rings. The van der Waals surface area contributed by atoms with Crippen molar-refractivity contribution < 1.29 is 23.8 Å². The minimum absolute atomic E-state index is 0.234. The zero-order valence-electron chi connectivity index (χ0n) is 17.9. The van der Waals surface area contributed by atoms with Crippen LogP contribution in [-0.2, 0) is 14.3 Å². The number of ether oxygens (including phenoxy) is 3. The number of esters is 1. The molecule has 1 amide bonds. The molecule has 1 aromatic carbocycles. The molecule has 0 bridgehead atoms. The van der Waals surface area contributed by atoms with Crippen molar-refractivity contribution >= 4 is 23.5 Å². The highest BCUT2D eigenvalue weighted by atomic mass is 16.5. The molecule has 166 valence electrons. The van der Waals surface area contributed by atoms with Crippen LogP contribution in [0.1, 0.15) is 26.7 Å². The van der Waals surface area contributed by atoms with Gasteiger partial charge in [-0.2, -0.15) is 0 Å². The zero-order valence-corrected chi connectivity index (χ0v) is 17.9. The fraction of sp³-hybridized carbons (Fsp3) is 0.455. The van der Waals surface area contributed by atoms with Crippen LogP contribution < -0.4 is 19.7 Å². The number of anilines is 2. The topological polar surface area (TPSA) is 103 Å². The van der Waals surface area contributed by atoms with Crippen LogP contribution in [0.25, 0.3) is 0 Å². The second-order valence-corrected chi connectivity index (χ2v) is 6.99. The Morgan fingerprint density at radius 2 is 1.74 bits per heavy atom. The summed E-state index contributed by atoms with van der Waals surface area (Å²) >= 11 is 0. The Bertz CT molecular complexity index is 869. The van der Waals surface area contributed by atoms with Crippen LogP contribution in [0.2, 0.25) is 0 Å². The van der Waals surface area contributed by atoms with E-state index in [1.165, 1.54) is 0 Å². The molecule has 9 heteroatoms. The van der Waals surface area contributed by atoms with E-state index in [9.17, 15) is 9.59 Å². The van der Waals surface area contributed by atoms with Gasteiger partial charge in [0.1, 0.15) is 0 Å². The molecule has 0 atom stereocenters. The van der Waals surface area contributed by atoms with Crippen molar-refractivity contribution in [3.8, 4) is 11.5 Å². The molecule has 0 spiro atoms. The maximum absolute atomic E-state index is 12.4. The van der Waals surface area contributed by atoms with Gasteiger partial charge in [0.2, 0.25) is 5.95 Å². The zero-order chi connectivity index (χ0) is 22.1. The van der Waals surface area contributed by atoms with Gasteiger partial charge in [0.25, 0.3) is 5.91 Å². The first kappa shape index (κ1) is 22.3. The molecule has 0 aliphatic carbocycles. The Balaban J connectivity index is 1.45. The molecule has 1 N–H and O–H groups in total. The van der Waals surface area contributed by atoms with Gasteiger partial charge >= 0.3 is 5.97 Å². The lowest BCUT2D eigenvalue weighted by atomic mass is 9.97. The number of nitrogens with one attached hydrogen (secondary N) is 1. The lowest BCUT2D eigenvalue weighted by Crippen LogP contribution is -2.38. The summed E-state index contributed by atoms with van der Waals surface area (Å²) in [6.07, 6.45) is 4.66. The molecule has 9 nitrogen and oxygen atoms in total. The van der Waals surface area contributed by atoms with Gasteiger partial charge < -0.3 is 24.4 Å². The SMILES string of the molecule is CCOc1ccc(NC(=O)COC(=O)C2CCN(c3ncccn3)CC2)cc1OCC. The summed E-state index contributed by atoms with van der Waals surface area (Å²) in [5.41, 5.74) is 0.545. The van der Waals surface area contributed by atoms with E-state index in [4.69, 9.17) is 14.2 Å². The first-order chi connectivity index (χ1) is 15.1. The second kappa shape index (κ2) is 11.1. The molecule has 1 aliphatic rings. The molecule has 0 saturated carbocycles. The van der Waals surface area contributed by atoms with E-state index >= 15 is 0 Å². The van der Waals surface area contributed by atoms with Crippen LogP contribution in [0.5, 0.6) is 11.5 Å². The van der Waals surface area contributed by atoms with E-state index in [1.807, 2.05) is 18.7 Å². The smallest absolute Gasteiger partial charge is 0.309 e. The highest BCUT2D eigenvalue weighted by Gasteiger charge is 2.27. The number of nitrogens with zero attached hydrogens (tertiary/aromatic N) is 3. The predicted molar refractivity (Wildman–Crippen MR) is 115 cm³/mol. The van der Waals surface area contributed by atoms with E-state index in [0.717, 1.165) is 0 Å². The van der Waals surface area contributed by atoms with Gasteiger partial charge in [-0.1, -0.05) is 0 Å². The number of hydrogen-bond acceptors (Lipinski definition) is 8. The van der Waals surface area contributed by atoms with Crippen molar-refractivity contribution in [2.75, 3.05) is 43.1 Å². The molecule has 3 rings (SSSR count). The number of carbonyl (C=O) groups excluding carboxylic acids is 2. The summed E-state index contributed by atoms with van der Waals surface area (Å²) in [6, 6.07) is 6.91. The Kier molecular flexibility index (Phi) is 8.03. The minimum atomic E-state index is -0.407. The Morgan fingerprint density at radius 1 is 1.06 bits per heavy atom. The Hall–Kier alpha value is -3.36. The van der Waals surface area contributed by atoms with Crippen LogP contribution in [0.15, 0.2) is 36.7 Å². The number of rotatable bonds is 9. The largest absolute Gasteiger partial charge is 0.490 e. The third-order valence-corrected chi connectivity index (χ3v) is 4.84. The molecule has 2 aromatic rings. The number of carbonyl (C=O) groups is 2. The fourth-order valence-corrected chi connectivity index (χ4v) is 3.35. The maximum atomic E-state index is 12.4. The van der Waals surface area contributed by atoms with Crippen molar-refractivity contribution in [2.45, 2.75) is 26.7 Å². The monoisotopic (exact) mass is 428 g/mol. The highest BCUT2D eigenvalue weighted by Crippen LogP contribution is 2.30. The summed E-state index contributed by atoms with van der Waals surface area (Å²) in [7, 11) is 0. The van der Waals surface area contributed by atoms with E-state index < -0.39 is 5.91 Å². The molecule has 1 aliphatic heterocycles. The summed E-state index contributed by atoms with van der Waals surface area (Å²) in [5.74, 6) is 0.827. The van der Waals surface area contributed by atoms with Crippen LogP contribution in [0.3, 0.4) is 0 Å². The third-order valence-electron chi connectivity index (χ3n) is 4.84. The van der Waals surface area contributed by atoms with E-state index in [-0.39, 0.29) is 18.5 Å². The molecular weight excluding hydrogens is 400 g/mol. The van der Waals surface area contributed by atoms with E-state index in [2.05, 4.69) is 15.3 Å². The number of aromatic nitrogens is 2. The van der Waals surface area contributed by atoms with Crippen LogP contribution in [0, 0.1) is 5.92 Å². The van der Waals surface area contributed by atoms with Gasteiger partial charge in [-0.25, -0.2) is 9.97 Å².